The minimum atomic E-state index is -0.102. The lowest BCUT2D eigenvalue weighted by Crippen LogP contribution is -2.37. The molecule has 0 aromatic heterocycles. The molecule has 0 radical (unpaired) electrons. The summed E-state index contributed by atoms with van der Waals surface area (Å²) in [5.74, 6) is -0.0598. The minimum Gasteiger partial charge on any atom is -0.376 e. The molecule has 2 N–H and O–H groups in total. The van der Waals surface area contributed by atoms with Gasteiger partial charge in [-0.05, 0) is 38.1 Å². The van der Waals surface area contributed by atoms with Crippen molar-refractivity contribution < 1.29 is 9.59 Å². The number of hydrogen-bond donors (Lipinski definition) is 2. The SMILES string of the molecule is CC(=O)Nc1ccc(NCC(=O)N(C)C(C)C)cc1. The molecule has 0 saturated carbocycles. The number of rotatable bonds is 5. The molecule has 2 amide bonds. The summed E-state index contributed by atoms with van der Waals surface area (Å²) in [6.07, 6.45) is 0. The van der Waals surface area contributed by atoms with Crippen LogP contribution in [0.3, 0.4) is 0 Å². The summed E-state index contributed by atoms with van der Waals surface area (Å²) in [7, 11) is 1.79. The molecule has 104 valence electrons. The van der Waals surface area contributed by atoms with Gasteiger partial charge in [-0.3, -0.25) is 9.59 Å². The zero-order chi connectivity index (χ0) is 14.4. The molecule has 0 aliphatic carbocycles. The highest BCUT2D eigenvalue weighted by Crippen LogP contribution is 2.13. The molecule has 5 heteroatoms. The zero-order valence-electron chi connectivity index (χ0n) is 11.9. The van der Waals surface area contributed by atoms with Crippen molar-refractivity contribution in [1.82, 2.24) is 4.90 Å². The third kappa shape index (κ3) is 4.99. The quantitative estimate of drug-likeness (QED) is 0.853. The van der Waals surface area contributed by atoms with E-state index in [9.17, 15) is 9.59 Å². The number of hydrogen-bond acceptors (Lipinski definition) is 3. The summed E-state index contributed by atoms with van der Waals surface area (Å²) in [5, 5.41) is 5.74. The van der Waals surface area contributed by atoms with Gasteiger partial charge in [0.25, 0.3) is 0 Å². The van der Waals surface area contributed by atoms with E-state index in [1.165, 1.54) is 6.92 Å². The number of carbonyl (C=O) groups excluding carboxylic acids is 2. The van der Waals surface area contributed by atoms with E-state index in [0.717, 1.165) is 11.4 Å². The van der Waals surface area contributed by atoms with Gasteiger partial charge in [-0.15, -0.1) is 0 Å². The Morgan fingerprint density at radius 3 is 2.16 bits per heavy atom. The lowest BCUT2D eigenvalue weighted by Gasteiger charge is -2.21. The van der Waals surface area contributed by atoms with Gasteiger partial charge in [0.05, 0.1) is 6.54 Å². The van der Waals surface area contributed by atoms with Crippen LogP contribution in [0.1, 0.15) is 20.8 Å². The Morgan fingerprint density at radius 1 is 1.16 bits per heavy atom. The van der Waals surface area contributed by atoms with Crippen LogP contribution in [0, 0.1) is 0 Å². The van der Waals surface area contributed by atoms with Crippen molar-refractivity contribution in [2.24, 2.45) is 0 Å². The first-order chi connectivity index (χ1) is 8.90. The van der Waals surface area contributed by atoms with Crippen molar-refractivity contribution in [2.75, 3.05) is 24.2 Å². The van der Waals surface area contributed by atoms with Crippen LogP contribution >= 0.6 is 0 Å². The lowest BCUT2D eigenvalue weighted by atomic mass is 10.2. The fourth-order valence-corrected chi connectivity index (χ4v) is 1.47. The van der Waals surface area contributed by atoms with Gasteiger partial charge in [0, 0.05) is 31.4 Å². The summed E-state index contributed by atoms with van der Waals surface area (Å²) < 4.78 is 0. The third-order valence-corrected chi connectivity index (χ3v) is 2.82. The minimum absolute atomic E-state index is 0.0425. The van der Waals surface area contributed by atoms with E-state index in [0.29, 0.717) is 0 Å². The van der Waals surface area contributed by atoms with Crippen LogP contribution in [0.5, 0.6) is 0 Å². The Bertz CT molecular complexity index is 441. The maximum absolute atomic E-state index is 11.8. The van der Waals surface area contributed by atoms with E-state index in [1.807, 2.05) is 26.0 Å². The van der Waals surface area contributed by atoms with Gasteiger partial charge in [0.1, 0.15) is 0 Å². The number of anilines is 2. The Hall–Kier alpha value is -2.04. The molecule has 0 aliphatic heterocycles. The molecule has 19 heavy (non-hydrogen) atoms. The van der Waals surface area contributed by atoms with E-state index in [1.54, 1.807) is 24.1 Å². The first kappa shape index (κ1) is 15.0. The molecule has 0 spiro atoms. The normalized spacial score (nSPS) is 10.2. The van der Waals surface area contributed by atoms with Crippen molar-refractivity contribution in [3.8, 4) is 0 Å². The van der Waals surface area contributed by atoms with Crippen molar-refractivity contribution in [2.45, 2.75) is 26.8 Å². The topological polar surface area (TPSA) is 61.4 Å². The second-order valence-electron chi connectivity index (χ2n) is 4.71. The molecular formula is C14H21N3O2. The molecule has 0 bridgehead atoms. The molecule has 0 fully saturated rings. The van der Waals surface area contributed by atoms with Crippen LogP contribution in [0.2, 0.25) is 0 Å². The Morgan fingerprint density at radius 2 is 1.68 bits per heavy atom. The zero-order valence-corrected chi connectivity index (χ0v) is 11.9. The van der Waals surface area contributed by atoms with Crippen LogP contribution in [-0.4, -0.2) is 36.3 Å². The molecule has 1 rings (SSSR count). The van der Waals surface area contributed by atoms with Gasteiger partial charge in [-0.1, -0.05) is 0 Å². The predicted molar refractivity (Wildman–Crippen MR) is 77.1 cm³/mol. The first-order valence-corrected chi connectivity index (χ1v) is 6.27. The van der Waals surface area contributed by atoms with Gasteiger partial charge in [-0.25, -0.2) is 0 Å². The number of nitrogens with one attached hydrogen (secondary N) is 2. The summed E-state index contributed by atoms with van der Waals surface area (Å²) in [6, 6.07) is 7.43. The average Bonchev–Trinajstić information content (AvgIpc) is 2.35. The predicted octanol–water partition coefficient (Wildman–Crippen LogP) is 1.92. The highest BCUT2D eigenvalue weighted by molar-refractivity contribution is 5.88. The molecule has 0 heterocycles. The van der Waals surface area contributed by atoms with Gasteiger partial charge in [-0.2, -0.15) is 0 Å². The lowest BCUT2D eigenvalue weighted by molar-refractivity contribution is -0.129. The van der Waals surface area contributed by atoms with Crippen LogP contribution in [0.25, 0.3) is 0 Å². The number of amides is 2. The van der Waals surface area contributed by atoms with Crippen molar-refractivity contribution in [3.05, 3.63) is 24.3 Å². The fraction of sp³-hybridized carbons (Fsp3) is 0.429. The highest BCUT2D eigenvalue weighted by atomic mass is 16.2. The summed E-state index contributed by atoms with van der Waals surface area (Å²) >= 11 is 0. The number of nitrogens with zero attached hydrogens (tertiary/aromatic N) is 1. The largest absolute Gasteiger partial charge is 0.376 e. The van der Waals surface area contributed by atoms with Crippen molar-refractivity contribution in [3.63, 3.8) is 0 Å². The molecule has 0 aliphatic rings. The first-order valence-electron chi connectivity index (χ1n) is 6.27. The monoisotopic (exact) mass is 263 g/mol. The Kier molecular flexibility index (Phi) is 5.36. The molecule has 0 unspecified atom stereocenters. The number of likely N-dealkylation sites (N-methyl/N-ethyl adjacent to an activating group) is 1. The smallest absolute Gasteiger partial charge is 0.241 e. The van der Waals surface area contributed by atoms with Gasteiger partial charge in [0.15, 0.2) is 0 Å². The highest BCUT2D eigenvalue weighted by Gasteiger charge is 2.10. The number of benzene rings is 1. The van der Waals surface area contributed by atoms with Crippen LogP contribution in [-0.2, 0) is 9.59 Å². The van der Waals surface area contributed by atoms with Crippen LogP contribution < -0.4 is 10.6 Å². The van der Waals surface area contributed by atoms with E-state index in [4.69, 9.17) is 0 Å². The number of carbonyl (C=O) groups is 2. The summed E-state index contributed by atoms with van der Waals surface area (Å²) in [4.78, 5) is 24.3. The van der Waals surface area contributed by atoms with E-state index in [-0.39, 0.29) is 24.4 Å². The Balaban J connectivity index is 2.50. The van der Waals surface area contributed by atoms with Crippen molar-refractivity contribution in [1.29, 1.82) is 0 Å². The summed E-state index contributed by atoms with van der Waals surface area (Å²) in [6.45, 7) is 5.67. The van der Waals surface area contributed by atoms with Crippen LogP contribution in [0.15, 0.2) is 24.3 Å². The van der Waals surface area contributed by atoms with E-state index in [2.05, 4.69) is 10.6 Å². The summed E-state index contributed by atoms with van der Waals surface area (Å²) in [5.41, 5.74) is 1.59. The molecular weight excluding hydrogens is 242 g/mol. The van der Waals surface area contributed by atoms with Gasteiger partial charge < -0.3 is 15.5 Å². The average molecular weight is 263 g/mol. The van der Waals surface area contributed by atoms with Crippen molar-refractivity contribution >= 4 is 23.2 Å². The molecule has 0 atom stereocenters. The fourth-order valence-electron chi connectivity index (χ4n) is 1.47. The van der Waals surface area contributed by atoms with E-state index >= 15 is 0 Å². The Labute approximate surface area is 114 Å². The second-order valence-corrected chi connectivity index (χ2v) is 4.71. The molecule has 0 saturated heterocycles. The third-order valence-electron chi connectivity index (χ3n) is 2.82. The maximum Gasteiger partial charge on any atom is 0.241 e. The van der Waals surface area contributed by atoms with Gasteiger partial charge in [0.2, 0.25) is 11.8 Å². The maximum atomic E-state index is 11.8. The second kappa shape index (κ2) is 6.78. The molecule has 1 aromatic carbocycles. The van der Waals surface area contributed by atoms with Gasteiger partial charge >= 0.3 is 0 Å². The standard InChI is InChI=1S/C14H21N3O2/c1-10(2)17(4)14(19)9-15-12-5-7-13(8-6-12)16-11(3)18/h5-8,10,15H,9H2,1-4H3,(H,16,18). The molecule has 1 aromatic rings. The molecule has 5 nitrogen and oxygen atoms in total. The van der Waals surface area contributed by atoms with E-state index < -0.39 is 0 Å². The van der Waals surface area contributed by atoms with Crippen LogP contribution in [0.4, 0.5) is 11.4 Å².